The highest BCUT2D eigenvalue weighted by Crippen LogP contribution is 2.21. The summed E-state index contributed by atoms with van der Waals surface area (Å²) in [7, 11) is 0. The summed E-state index contributed by atoms with van der Waals surface area (Å²) >= 11 is 12.0. The van der Waals surface area contributed by atoms with E-state index in [4.69, 9.17) is 28.9 Å². The Morgan fingerprint density at radius 3 is 2.59 bits per heavy atom. The second-order valence-electron chi connectivity index (χ2n) is 4.66. The molecule has 1 heterocycles. The van der Waals surface area contributed by atoms with Gasteiger partial charge in [-0.2, -0.15) is 0 Å². The molecular weight excluding hydrogens is 255 g/mol. The number of hydrogen-bond donors (Lipinski definition) is 1. The minimum Gasteiger partial charge on any atom is -0.328 e. The van der Waals surface area contributed by atoms with Crippen molar-refractivity contribution in [2.75, 3.05) is 19.6 Å². The van der Waals surface area contributed by atoms with Crippen LogP contribution in [0.2, 0.25) is 10.0 Å². The molecule has 0 aliphatic carbocycles. The minimum absolute atomic E-state index is 0.394. The average molecular weight is 273 g/mol. The maximum absolute atomic E-state index is 6.15. The van der Waals surface area contributed by atoms with Crippen LogP contribution in [0.1, 0.15) is 18.4 Å². The van der Waals surface area contributed by atoms with Gasteiger partial charge in [0.05, 0.1) is 0 Å². The molecule has 1 fully saturated rings. The van der Waals surface area contributed by atoms with Gasteiger partial charge < -0.3 is 10.6 Å². The van der Waals surface area contributed by atoms with Gasteiger partial charge in [0.2, 0.25) is 0 Å². The van der Waals surface area contributed by atoms with Crippen LogP contribution in [0.5, 0.6) is 0 Å². The Morgan fingerprint density at radius 1 is 1.24 bits per heavy atom. The van der Waals surface area contributed by atoms with E-state index in [2.05, 4.69) is 4.90 Å². The van der Waals surface area contributed by atoms with E-state index >= 15 is 0 Å². The topological polar surface area (TPSA) is 29.3 Å². The Labute approximate surface area is 113 Å². The first kappa shape index (κ1) is 13.2. The van der Waals surface area contributed by atoms with Crippen molar-refractivity contribution >= 4 is 23.2 Å². The number of piperidine rings is 1. The third-order valence-corrected chi connectivity index (χ3v) is 3.93. The van der Waals surface area contributed by atoms with E-state index in [9.17, 15) is 0 Å². The third kappa shape index (κ3) is 3.85. The molecular formula is C13H18Cl2N2. The zero-order valence-electron chi connectivity index (χ0n) is 9.83. The van der Waals surface area contributed by atoms with Crippen molar-refractivity contribution in [3.05, 3.63) is 33.8 Å². The zero-order chi connectivity index (χ0) is 12.3. The van der Waals surface area contributed by atoms with Crippen LogP contribution in [0.4, 0.5) is 0 Å². The van der Waals surface area contributed by atoms with Crippen LogP contribution in [0, 0.1) is 0 Å². The fraction of sp³-hybridized carbons (Fsp3) is 0.538. The third-order valence-electron chi connectivity index (χ3n) is 3.34. The number of hydrogen-bond acceptors (Lipinski definition) is 2. The first-order valence-corrected chi connectivity index (χ1v) is 6.82. The molecule has 1 aliphatic rings. The second kappa shape index (κ2) is 6.05. The lowest BCUT2D eigenvalue weighted by Crippen LogP contribution is -2.40. The summed E-state index contributed by atoms with van der Waals surface area (Å²) in [6, 6.07) is 6.12. The normalized spacial score (nSPS) is 18.5. The van der Waals surface area contributed by atoms with Gasteiger partial charge in [-0.1, -0.05) is 29.3 Å². The highest BCUT2D eigenvalue weighted by Gasteiger charge is 2.15. The molecule has 1 aromatic carbocycles. The van der Waals surface area contributed by atoms with E-state index in [1.54, 1.807) is 0 Å². The monoisotopic (exact) mass is 272 g/mol. The Bertz CT molecular complexity index is 374. The van der Waals surface area contributed by atoms with Gasteiger partial charge >= 0.3 is 0 Å². The number of nitrogens with two attached hydrogens (primary N) is 1. The molecule has 0 aromatic heterocycles. The lowest BCUT2D eigenvalue weighted by molar-refractivity contribution is 0.215. The van der Waals surface area contributed by atoms with Gasteiger partial charge in [0.25, 0.3) is 0 Å². The molecule has 0 unspecified atom stereocenters. The summed E-state index contributed by atoms with van der Waals surface area (Å²) in [5.74, 6) is 0. The number of rotatable bonds is 3. The van der Waals surface area contributed by atoms with Crippen molar-refractivity contribution in [3.63, 3.8) is 0 Å². The standard InChI is InChI=1S/C13H18Cl2N2/c14-11-2-1-10(13(15)9-11)3-6-17-7-4-12(16)5-8-17/h1-2,9,12H,3-8,16H2. The van der Waals surface area contributed by atoms with Crippen LogP contribution >= 0.6 is 23.2 Å². The molecule has 2 rings (SSSR count). The summed E-state index contributed by atoms with van der Waals surface area (Å²) < 4.78 is 0. The molecule has 0 atom stereocenters. The van der Waals surface area contributed by atoms with Gasteiger partial charge in [0.15, 0.2) is 0 Å². The highest BCUT2D eigenvalue weighted by molar-refractivity contribution is 6.35. The van der Waals surface area contributed by atoms with Gasteiger partial charge in [-0.3, -0.25) is 0 Å². The lowest BCUT2D eigenvalue weighted by atomic mass is 10.1. The SMILES string of the molecule is NC1CCN(CCc2ccc(Cl)cc2Cl)CC1. The zero-order valence-corrected chi connectivity index (χ0v) is 11.3. The Balaban J connectivity index is 1.85. The predicted octanol–water partition coefficient (Wildman–Crippen LogP) is 2.96. The van der Waals surface area contributed by atoms with Crippen LogP contribution in [0.15, 0.2) is 18.2 Å². The van der Waals surface area contributed by atoms with Crippen LogP contribution in [-0.4, -0.2) is 30.6 Å². The molecule has 0 amide bonds. The van der Waals surface area contributed by atoms with E-state index in [0.29, 0.717) is 11.1 Å². The van der Waals surface area contributed by atoms with Crippen molar-refractivity contribution in [2.45, 2.75) is 25.3 Å². The maximum atomic E-state index is 6.15. The van der Waals surface area contributed by atoms with Crippen molar-refractivity contribution < 1.29 is 0 Å². The molecule has 2 N–H and O–H groups in total. The maximum Gasteiger partial charge on any atom is 0.0453 e. The molecule has 4 heteroatoms. The first-order chi connectivity index (χ1) is 8.15. The molecule has 1 saturated heterocycles. The summed E-state index contributed by atoms with van der Waals surface area (Å²) in [6.07, 6.45) is 3.19. The molecule has 94 valence electrons. The number of nitrogens with zero attached hydrogens (tertiary/aromatic N) is 1. The highest BCUT2D eigenvalue weighted by atomic mass is 35.5. The molecule has 1 aromatic rings. The summed E-state index contributed by atoms with van der Waals surface area (Å²) in [5.41, 5.74) is 7.05. The smallest absolute Gasteiger partial charge is 0.0453 e. The lowest BCUT2D eigenvalue weighted by Gasteiger charge is -2.30. The van der Waals surface area contributed by atoms with Crippen molar-refractivity contribution in [3.8, 4) is 0 Å². The Kier molecular flexibility index (Phi) is 4.69. The summed E-state index contributed by atoms with van der Waals surface area (Å²) in [5, 5.41) is 1.47. The molecule has 1 aliphatic heterocycles. The molecule has 0 bridgehead atoms. The van der Waals surface area contributed by atoms with E-state index in [1.165, 1.54) is 5.56 Å². The second-order valence-corrected chi connectivity index (χ2v) is 5.51. The summed E-state index contributed by atoms with van der Waals surface area (Å²) in [4.78, 5) is 2.45. The van der Waals surface area contributed by atoms with Crippen LogP contribution < -0.4 is 5.73 Å². The average Bonchev–Trinajstić information content (AvgIpc) is 2.30. The first-order valence-electron chi connectivity index (χ1n) is 6.07. The predicted molar refractivity (Wildman–Crippen MR) is 73.8 cm³/mol. The van der Waals surface area contributed by atoms with Gasteiger partial charge in [0, 0.05) is 22.6 Å². The van der Waals surface area contributed by atoms with Gasteiger partial charge in [0.1, 0.15) is 0 Å². The minimum atomic E-state index is 0.394. The molecule has 0 radical (unpaired) electrons. The molecule has 0 saturated carbocycles. The quantitative estimate of drug-likeness (QED) is 0.917. The summed E-state index contributed by atoms with van der Waals surface area (Å²) in [6.45, 7) is 3.26. The Hall–Kier alpha value is -0.280. The van der Waals surface area contributed by atoms with Crippen molar-refractivity contribution in [2.24, 2.45) is 5.73 Å². The molecule has 2 nitrogen and oxygen atoms in total. The molecule has 17 heavy (non-hydrogen) atoms. The van der Waals surface area contributed by atoms with Crippen LogP contribution in [-0.2, 0) is 6.42 Å². The Morgan fingerprint density at radius 2 is 1.94 bits per heavy atom. The van der Waals surface area contributed by atoms with E-state index in [-0.39, 0.29) is 0 Å². The largest absolute Gasteiger partial charge is 0.328 e. The molecule has 0 spiro atoms. The van der Waals surface area contributed by atoms with Crippen molar-refractivity contribution in [1.82, 2.24) is 4.90 Å². The fourth-order valence-corrected chi connectivity index (χ4v) is 2.68. The van der Waals surface area contributed by atoms with E-state index < -0.39 is 0 Å². The van der Waals surface area contributed by atoms with Gasteiger partial charge in [-0.25, -0.2) is 0 Å². The van der Waals surface area contributed by atoms with Crippen molar-refractivity contribution in [1.29, 1.82) is 0 Å². The van der Waals surface area contributed by atoms with Gasteiger partial charge in [-0.15, -0.1) is 0 Å². The number of benzene rings is 1. The number of likely N-dealkylation sites (tertiary alicyclic amines) is 1. The van der Waals surface area contributed by atoms with E-state index in [1.807, 2.05) is 18.2 Å². The van der Waals surface area contributed by atoms with Crippen LogP contribution in [0.3, 0.4) is 0 Å². The fourth-order valence-electron chi connectivity index (χ4n) is 2.18. The number of halogens is 2. The van der Waals surface area contributed by atoms with E-state index in [0.717, 1.165) is 43.9 Å². The van der Waals surface area contributed by atoms with Gasteiger partial charge in [-0.05, 0) is 50.0 Å². The van der Waals surface area contributed by atoms with Crippen LogP contribution in [0.25, 0.3) is 0 Å².